The van der Waals surface area contributed by atoms with Crippen molar-refractivity contribution in [1.82, 2.24) is 9.88 Å². The van der Waals surface area contributed by atoms with E-state index in [0.29, 0.717) is 24.3 Å². The number of aromatic nitrogens is 1. The Morgan fingerprint density at radius 1 is 1.19 bits per heavy atom. The van der Waals surface area contributed by atoms with Crippen molar-refractivity contribution in [1.29, 1.82) is 0 Å². The Kier molecular flexibility index (Phi) is 5.99. The predicted octanol–water partition coefficient (Wildman–Crippen LogP) is 3.33. The molecule has 0 saturated carbocycles. The zero-order valence-corrected chi connectivity index (χ0v) is 17.2. The third-order valence-corrected chi connectivity index (χ3v) is 5.53. The van der Waals surface area contributed by atoms with Gasteiger partial charge in [-0.15, -0.1) is 0 Å². The third kappa shape index (κ3) is 4.59. The average molecular weight is 419 g/mol. The quantitative estimate of drug-likeness (QED) is 0.460. The number of anilines is 2. The minimum atomic E-state index is -0.667. The van der Waals surface area contributed by atoms with E-state index in [1.54, 1.807) is 4.90 Å². The molecule has 1 saturated heterocycles. The summed E-state index contributed by atoms with van der Waals surface area (Å²) in [4.78, 5) is 34.1. The van der Waals surface area contributed by atoms with Crippen LogP contribution in [0.1, 0.15) is 18.4 Å². The maximum Gasteiger partial charge on any atom is 0.323 e. The first-order chi connectivity index (χ1) is 15.0. The van der Waals surface area contributed by atoms with Gasteiger partial charge in [-0.2, -0.15) is 0 Å². The van der Waals surface area contributed by atoms with E-state index < -0.39 is 6.04 Å². The van der Waals surface area contributed by atoms with E-state index >= 15 is 0 Å². The number of fused-ring (bicyclic) bond motifs is 1. The summed E-state index contributed by atoms with van der Waals surface area (Å²) in [6.07, 6.45) is 3.81. The van der Waals surface area contributed by atoms with Crippen LogP contribution in [-0.4, -0.2) is 47.3 Å². The van der Waals surface area contributed by atoms with Gasteiger partial charge in [-0.05, 0) is 61.9 Å². The van der Waals surface area contributed by atoms with Gasteiger partial charge < -0.3 is 26.3 Å². The van der Waals surface area contributed by atoms with E-state index in [1.165, 1.54) is 0 Å². The van der Waals surface area contributed by atoms with Crippen LogP contribution in [0.3, 0.4) is 0 Å². The van der Waals surface area contributed by atoms with Crippen LogP contribution in [0.4, 0.5) is 16.2 Å². The van der Waals surface area contributed by atoms with Crippen LogP contribution in [0.5, 0.6) is 0 Å². The summed E-state index contributed by atoms with van der Waals surface area (Å²) in [7, 11) is 0. The lowest BCUT2D eigenvalue weighted by atomic mass is 10.0. The number of para-hydroxylation sites is 1. The summed E-state index contributed by atoms with van der Waals surface area (Å²) in [5.74, 6) is -0.110. The molecule has 2 unspecified atom stereocenters. The molecule has 8 heteroatoms. The van der Waals surface area contributed by atoms with E-state index in [9.17, 15) is 9.59 Å². The zero-order valence-electron chi connectivity index (χ0n) is 17.2. The number of nitrogens with one attached hydrogen (secondary N) is 3. The van der Waals surface area contributed by atoms with Gasteiger partial charge in [0.15, 0.2) is 0 Å². The van der Waals surface area contributed by atoms with Crippen LogP contribution in [0.25, 0.3) is 10.9 Å². The summed E-state index contributed by atoms with van der Waals surface area (Å²) in [5, 5.41) is 6.55. The maximum atomic E-state index is 12.8. The van der Waals surface area contributed by atoms with Gasteiger partial charge in [0.1, 0.15) is 6.17 Å². The lowest BCUT2D eigenvalue weighted by Gasteiger charge is -2.24. The van der Waals surface area contributed by atoms with Crippen LogP contribution in [0.15, 0.2) is 59.7 Å². The molecule has 1 aliphatic rings. The molecule has 1 fully saturated rings. The monoisotopic (exact) mass is 418 g/mol. The highest BCUT2D eigenvalue weighted by Crippen LogP contribution is 2.25. The van der Waals surface area contributed by atoms with Crippen molar-refractivity contribution >= 4 is 40.9 Å². The molecule has 2 atom stereocenters. The second-order valence-electron chi connectivity index (χ2n) is 7.67. The first kappa shape index (κ1) is 20.6. The van der Waals surface area contributed by atoms with Crippen molar-refractivity contribution in [3.05, 3.63) is 60.3 Å². The fourth-order valence-electron chi connectivity index (χ4n) is 3.97. The van der Waals surface area contributed by atoms with Crippen molar-refractivity contribution in [2.24, 2.45) is 10.7 Å². The topological polar surface area (TPSA) is 116 Å². The lowest BCUT2D eigenvalue weighted by molar-refractivity contribution is -0.133. The predicted molar refractivity (Wildman–Crippen MR) is 123 cm³/mol. The number of aromatic amines is 1. The summed E-state index contributed by atoms with van der Waals surface area (Å²) >= 11 is 0. The van der Waals surface area contributed by atoms with Crippen molar-refractivity contribution in [2.45, 2.75) is 31.5 Å². The number of H-pyrrole nitrogens is 1. The standard InChI is InChI=1S/C23H26N6O2/c1-25-21-8-5-11-29(21)22(30)19(24)12-15-14-26-20-10-9-17(13-18(15)20)28-23(31)27-16-6-3-2-4-7-16/h2-4,6-7,9-10,13-14,19,21,26H,1,5,8,11-12,24H2,(H2,27,28,31). The Labute approximate surface area is 180 Å². The van der Waals surface area contributed by atoms with Gasteiger partial charge in [-0.1, -0.05) is 18.2 Å². The van der Waals surface area contributed by atoms with Gasteiger partial charge in [0.25, 0.3) is 0 Å². The number of nitrogens with two attached hydrogens (primary N) is 1. The van der Waals surface area contributed by atoms with Crippen molar-refractivity contribution in [2.75, 3.05) is 17.2 Å². The Morgan fingerprint density at radius 3 is 2.74 bits per heavy atom. The lowest BCUT2D eigenvalue weighted by Crippen LogP contribution is -2.46. The molecule has 8 nitrogen and oxygen atoms in total. The van der Waals surface area contributed by atoms with Crippen molar-refractivity contribution in [3.8, 4) is 0 Å². The number of benzene rings is 2. The number of nitrogens with zero attached hydrogens (tertiary/aromatic N) is 2. The Hall–Kier alpha value is -3.65. The number of carbonyl (C=O) groups excluding carboxylic acids is 2. The molecule has 0 radical (unpaired) electrons. The van der Waals surface area contributed by atoms with Crippen LogP contribution in [0, 0.1) is 0 Å². The highest BCUT2D eigenvalue weighted by atomic mass is 16.2. The van der Waals surface area contributed by atoms with Crippen LogP contribution < -0.4 is 16.4 Å². The number of carbonyl (C=O) groups is 2. The number of rotatable bonds is 6. The summed E-state index contributed by atoms with van der Waals surface area (Å²) in [6, 6.07) is 13.8. The SMILES string of the molecule is C=NC1CCCN1C(=O)C(N)Cc1c[nH]c2ccc(NC(=O)Nc3ccccc3)cc12. The van der Waals surface area contributed by atoms with Crippen LogP contribution >= 0.6 is 0 Å². The number of urea groups is 1. The molecule has 0 spiro atoms. The number of amides is 3. The van der Waals surface area contributed by atoms with Gasteiger partial charge in [-0.3, -0.25) is 9.79 Å². The van der Waals surface area contributed by atoms with Gasteiger partial charge in [-0.25, -0.2) is 4.79 Å². The second-order valence-corrected chi connectivity index (χ2v) is 7.67. The normalized spacial score (nSPS) is 16.8. The minimum absolute atomic E-state index is 0.110. The fourth-order valence-corrected chi connectivity index (χ4v) is 3.97. The minimum Gasteiger partial charge on any atom is -0.361 e. The van der Waals surface area contributed by atoms with Gasteiger partial charge in [0.05, 0.1) is 6.04 Å². The molecule has 0 aliphatic carbocycles. The number of aliphatic imine (C=N–C) groups is 1. The Morgan fingerprint density at radius 2 is 1.97 bits per heavy atom. The molecule has 160 valence electrons. The van der Waals surface area contributed by atoms with Gasteiger partial charge >= 0.3 is 6.03 Å². The highest BCUT2D eigenvalue weighted by Gasteiger charge is 2.31. The molecular formula is C23H26N6O2. The van der Waals surface area contributed by atoms with E-state index in [4.69, 9.17) is 5.73 Å². The molecule has 31 heavy (non-hydrogen) atoms. The van der Waals surface area contributed by atoms with E-state index in [-0.39, 0.29) is 18.1 Å². The molecular weight excluding hydrogens is 392 g/mol. The summed E-state index contributed by atoms with van der Waals surface area (Å²) in [5.41, 5.74) is 9.45. The molecule has 4 rings (SSSR count). The Balaban J connectivity index is 1.46. The van der Waals surface area contributed by atoms with Crippen LogP contribution in [0.2, 0.25) is 0 Å². The molecule has 3 aromatic rings. The van der Waals surface area contributed by atoms with Gasteiger partial charge in [0.2, 0.25) is 5.91 Å². The highest BCUT2D eigenvalue weighted by molar-refractivity contribution is 6.01. The van der Waals surface area contributed by atoms with Crippen molar-refractivity contribution in [3.63, 3.8) is 0 Å². The molecule has 1 aromatic heterocycles. The van der Waals surface area contributed by atoms with E-state index in [0.717, 1.165) is 29.3 Å². The molecule has 2 aromatic carbocycles. The Bertz CT molecular complexity index is 1090. The molecule has 5 N–H and O–H groups in total. The molecule has 1 aliphatic heterocycles. The van der Waals surface area contributed by atoms with Crippen molar-refractivity contribution < 1.29 is 9.59 Å². The van der Waals surface area contributed by atoms with Crippen LogP contribution in [-0.2, 0) is 11.2 Å². The molecule has 3 amide bonds. The first-order valence-corrected chi connectivity index (χ1v) is 10.3. The first-order valence-electron chi connectivity index (χ1n) is 10.3. The van der Waals surface area contributed by atoms with E-state index in [1.807, 2.05) is 54.7 Å². The number of hydrogen-bond donors (Lipinski definition) is 4. The summed E-state index contributed by atoms with van der Waals surface area (Å²) < 4.78 is 0. The zero-order chi connectivity index (χ0) is 21.8. The largest absolute Gasteiger partial charge is 0.361 e. The fraction of sp³-hybridized carbons (Fsp3) is 0.261. The maximum absolute atomic E-state index is 12.8. The third-order valence-electron chi connectivity index (χ3n) is 5.53. The second kappa shape index (κ2) is 9.01. The smallest absolute Gasteiger partial charge is 0.323 e. The molecule has 2 heterocycles. The number of likely N-dealkylation sites (tertiary alicyclic amines) is 1. The summed E-state index contributed by atoms with van der Waals surface area (Å²) in [6.45, 7) is 4.24. The van der Waals surface area contributed by atoms with E-state index in [2.05, 4.69) is 27.3 Å². The van der Waals surface area contributed by atoms with Gasteiger partial charge in [0, 0.05) is 35.0 Å². The molecule has 0 bridgehead atoms. The average Bonchev–Trinajstić information content (AvgIpc) is 3.41. The number of hydrogen-bond acceptors (Lipinski definition) is 4.